The summed E-state index contributed by atoms with van der Waals surface area (Å²) in [5.74, 6) is 2.51. The number of ether oxygens (including phenoxy) is 2. The third kappa shape index (κ3) is 5.21. The maximum atomic E-state index is 12.4. The van der Waals surface area contributed by atoms with Crippen LogP contribution >= 0.6 is 11.6 Å². The topological polar surface area (TPSA) is 90.0 Å². The standard InChI is InChI=1S/C25H21ClN4O3/c26-20-5-3-6-21(33-15-18-4-1-2-13-27-18)22(20)24-28-23(29-25(31)30-24)17-9-11-19(12-10-17)32-14-16-7-8-16/h1-6,9-13,16H,7-8,14-15H2,(H,28,29,30,31). The van der Waals surface area contributed by atoms with Crippen molar-refractivity contribution in [3.05, 3.63) is 88.1 Å². The van der Waals surface area contributed by atoms with Crippen molar-refractivity contribution < 1.29 is 9.47 Å². The van der Waals surface area contributed by atoms with E-state index in [9.17, 15) is 4.79 Å². The molecule has 166 valence electrons. The summed E-state index contributed by atoms with van der Waals surface area (Å²) in [4.78, 5) is 28.0. The summed E-state index contributed by atoms with van der Waals surface area (Å²) < 4.78 is 11.7. The molecule has 7 nitrogen and oxygen atoms in total. The van der Waals surface area contributed by atoms with Gasteiger partial charge < -0.3 is 9.47 Å². The number of pyridine rings is 1. The Balaban J connectivity index is 1.43. The molecule has 1 aliphatic carbocycles. The highest BCUT2D eigenvalue weighted by molar-refractivity contribution is 6.33. The van der Waals surface area contributed by atoms with E-state index in [1.807, 2.05) is 42.5 Å². The summed E-state index contributed by atoms with van der Waals surface area (Å²) in [6, 6.07) is 18.3. The molecule has 2 aromatic carbocycles. The van der Waals surface area contributed by atoms with Crippen LogP contribution in [0.2, 0.25) is 5.02 Å². The lowest BCUT2D eigenvalue weighted by Gasteiger charge is -2.13. The lowest BCUT2D eigenvalue weighted by molar-refractivity contribution is 0.300. The molecule has 2 heterocycles. The molecule has 0 bridgehead atoms. The highest BCUT2D eigenvalue weighted by Gasteiger charge is 2.22. The van der Waals surface area contributed by atoms with Gasteiger partial charge in [0.1, 0.15) is 23.9 Å². The summed E-state index contributed by atoms with van der Waals surface area (Å²) in [5.41, 5.74) is 1.42. The molecule has 0 amide bonds. The van der Waals surface area contributed by atoms with Gasteiger partial charge in [-0.05, 0) is 67.3 Å². The molecule has 1 fully saturated rings. The van der Waals surface area contributed by atoms with Crippen molar-refractivity contribution in [2.75, 3.05) is 6.61 Å². The summed E-state index contributed by atoms with van der Waals surface area (Å²) in [6.45, 7) is 0.984. The molecule has 2 aromatic heterocycles. The molecule has 0 saturated heterocycles. The fourth-order valence-corrected chi connectivity index (χ4v) is 3.58. The SMILES string of the molecule is O=c1nc(-c2ccc(OCC3CC3)cc2)nc(-c2c(Cl)cccc2OCc2ccccn2)[nH]1. The molecule has 0 spiro atoms. The van der Waals surface area contributed by atoms with Crippen LogP contribution in [0.25, 0.3) is 22.8 Å². The molecule has 0 unspecified atom stereocenters. The monoisotopic (exact) mass is 460 g/mol. The average molecular weight is 461 g/mol. The van der Waals surface area contributed by atoms with E-state index in [0.29, 0.717) is 27.8 Å². The van der Waals surface area contributed by atoms with Crippen molar-refractivity contribution in [2.24, 2.45) is 5.92 Å². The molecule has 1 aliphatic rings. The van der Waals surface area contributed by atoms with Gasteiger partial charge in [-0.25, -0.2) is 9.78 Å². The Morgan fingerprint density at radius 3 is 2.58 bits per heavy atom. The van der Waals surface area contributed by atoms with Gasteiger partial charge in [0.15, 0.2) is 5.82 Å². The van der Waals surface area contributed by atoms with Gasteiger partial charge in [0, 0.05) is 11.8 Å². The number of aromatic amines is 1. The maximum absolute atomic E-state index is 12.4. The number of nitrogens with zero attached hydrogens (tertiary/aromatic N) is 3. The molecule has 5 rings (SSSR count). The van der Waals surface area contributed by atoms with E-state index in [-0.39, 0.29) is 18.3 Å². The summed E-state index contributed by atoms with van der Waals surface area (Å²) in [5, 5.41) is 0.401. The van der Waals surface area contributed by atoms with Gasteiger partial charge >= 0.3 is 5.69 Å². The minimum absolute atomic E-state index is 0.249. The smallest absolute Gasteiger partial charge is 0.348 e. The maximum Gasteiger partial charge on any atom is 0.348 e. The number of benzene rings is 2. The molecule has 1 saturated carbocycles. The van der Waals surface area contributed by atoms with Gasteiger partial charge in [0.25, 0.3) is 0 Å². The zero-order chi connectivity index (χ0) is 22.6. The fraction of sp³-hybridized carbons (Fsp3) is 0.200. The molecular formula is C25H21ClN4O3. The second kappa shape index (κ2) is 9.42. The van der Waals surface area contributed by atoms with Crippen LogP contribution in [0.3, 0.4) is 0 Å². The van der Waals surface area contributed by atoms with E-state index in [4.69, 9.17) is 21.1 Å². The van der Waals surface area contributed by atoms with Crippen molar-refractivity contribution in [3.8, 4) is 34.3 Å². The highest BCUT2D eigenvalue weighted by Crippen LogP contribution is 2.35. The van der Waals surface area contributed by atoms with E-state index < -0.39 is 5.69 Å². The van der Waals surface area contributed by atoms with Gasteiger partial charge in [0.05, 0.1) is 22.9 Å². The molecule has 8 heteroatoms. The third-order valence-corrected chi connectivity index (χ3v) is 5.57. The lowest BCUT2D eigenvalue weighted by atomic mass is 10.1. The van der Waals surface area contributed by atoms with Gasteiger partial charge in [-0.2, -0.15) is 4.98 Å². The number of rotatable bonds is 8. The van der Waals surface area contributed by atoms with Crippen LogP contribution < -0.4 is 15.2 Å². The Labute approximate surface area is 195 Å². The molecule has 0 radical (unpaired) electrons. The largest absolute Gasteiger partial charge is 0.493 e. The van der Waals surface area contributed by atoms with Crippen LogP contribution in [0, 0.1) is 5.92 Å². The number of nitrogens with one attached hydrogen (secondary N) is 1. The Kier molecular flexibility index (Phi) is 6.04. The fourth-order valence-electron chi connectivity index (χ4n) is 3.32. The van der Waals surface area contributed by atoms with Crippen molar-refractivity contribution in [1.82, 2.24) is 19.9 Å². The Morgan fingerprint density at radius 2 is 1.82 bits per heavy atom. The third-order valence-electron chi connectivity index (χ3n) is 5.26. The number of hydrogen-bond acceptors (Lipinski definition) is 6. The summed E-state index contributed by atoms with van der Waals surface area (Å²) in [6.07, 6.45) is 4.17. The number of hydrogen-bond donors (Lipinski definition) is 1. The Morgan fingerprint density at radius 1 is 0.970 bits per heavy atom. The first-order chi connectivity index (χ1) is 16.2. The molecular weight excluding hydrogens is 440 g/mol. The summed E-state index contributed by atoms with van der Waals surface area (Å²) in [7, 11) is 0. The van der Waals surface area contributed by atoms with Gasteiger partial charge in [0.2, 0.25) is 0 Å². The van der Waals surface area contributed by atoms with E-state index in [2.05, 4.69) is 19.9 Å². The van der Waals surface area contributed by atoms with Crippen LogP contribution in [-0.2, 0) is 6.61 Å². The lowest BCUT2D eigenvalue weighted by Crippen LogP contribution is -2.15. The van der Waals surface area contributed by atoms with Crippen LogP contribution in [0.5, 0.6) is 11.5 Å². The van der Waals surface area contributed by atoms with Gasteiger partial charge in [-0.1, -0.05) is 23.7 Å². The van der Waals surface area contributed by atoms with Crippen molar-refractivity contribution in [3.63, 3.8) is 0 Å². The normalized spacial score (nSPS) is 13.0. The van der Waals surface area contributed by atoms with Crippen LogP contribution in [-0.4, -0.2) is 26.5 Å². The Hall–Kier alpha value is -3.71. The number of halogens is 1. The molecule has 1 N–H and O–H groups in total. The van der Waals surface area contributed by atoms with E-state index in [1.165, 1.54) is 12.8 Å². The van der Waals surface area contributed by atoms with E-state index in [0.717, 1.165) is 18.1 Å². The quantitative estimate of drug-likeness (QED) is 0.401. The predicted octanol–water partition coefficient (Wildman–Crippen LogP) is 4.92. The number of H-pyrrole nitrogens is 1. The second-order valence-corrected chi connectivity index (χ2v) is 8.23. The van der Waals surface area contributed by atoms with Crippen molar-refractivity contribution in [1.29, 1.82) is 0 Å². The van der Waals surface area contributed by atoms with E-state index in [1.54, 1.807) is 24.4 Å². The zero-order valence-electron chi connectivity index (χ0n) is 17.7. The predicted molar refractivity (Wildman–Crippen MR) is 125 cm³/mol. The zero-order valence-corrected chi connectivity index (χ0v) is 18.5. The molecule has 0 aliphatic heterocycles. The first-order valence-electron chi connectivity index (χ1n) is 10.7. The average Bonchev–Trinajstić information content (AvgIpc) is 3.67. The minimum Gasteiger partial charge on any atom is -0.493 e. The van der Waals surface area contributed by atoms with Gasteiger partial charge in [-0.15, -0.1) is 0 Å². The Bertz CT molecular complexity index is 1310. The van der Waals surface area contributed by atoms with Crippen LogP contribution in [0.1, 0.15) is 18.5 Å². The van der Waals surface area contributed by atoms with Gasteiger partial charge in [-0.3, -0.25) is 9.97 Å². The highest BCUT2D eigenvalue weighted by atomic mass is 35.5. The minimum atomic E-state index is -0.528. The summed E-state index contributed by atoms with van der Waals surface area (Å²) >= 11 is 6.49. The first-order valence-corrected chi connectivity index (χ1v) is 11.1. The van der Waals surface area contributed by atoms with Crippen molar-refractivity contribution in [2.45, 2.75) is 19.4 Å². The first kappa shape index (κ1) is 21.2. The van der Waals surface area contributed by atoms with E-state index >= 15 is 0 Å². The molecule has 33 heavy (non-hydrogen) atoms. The molecule has 0 atom stereocenters. The van der Waals surface area contributed by atoms with Crippen molar-refractivity contribution >= 4 is 11.6 Å². The van der Waals surface area contributed by atoms with Crippen LogP contribution in [0.4, 0.5) is 0 Å². The molecule has 4 aromatic rings. The van der Waals surface area contributed by atoms with Crippen LogP contribution in [0.15, 0.2) is 71.7 Å². The second-order valence-electron chi connectivity index (χ2n) is 7.83. The number of aromatic nitrogens is 4.